The summed E-state index contributed by atoms with van der Waals surface area (Å²) >= 11 is 0. The van der Waals surface area contributed by atoms with Crippen LogP contribution in [0.2, 0.25) is 0 Å². The number of carbonyl (C=O) groups is 2. The van der Waals surface area contributed by atoms with E-state index in [0.29, 0.717) is 12.8 Å². The number of hydrogen-bond acceptors (Lipinski definition) is 6. The van der Waals surface area contributed by atoms with E-state index in [0.717, 1.165) is 23.6 Å². The smallest absolute Gasteiger partial charge is 0.338 e. The standard InChI is InChI=1S/C19H25N3O5S/c1-14(17(23)21-19(13-20)10-5-4-6-11-19)27-18(24)15-8-7-9-16(12-15)28(25,26)22(2)3/h7-9,12,14H,4-6,10-11H2,1-3H3,(H,21,23). The highest BCUT2D eigenvalue weighted by atomic mass is 32.2. The fourth-order valence-corrected chi connectivity index (χ4v) is 3.98. The van der Waals surface area contributed by atoms with Crippen molar-refractivity contribution in [1.29, 1.82) is 5.26 Å². The summed E-state index contributed by atoms with van der Waals surface area (Å²) < 4.78 is 30.6. The van der Waals surface area contributed by atoms with E-state index in [9.17, 15) is 23.3 Å². The van der Waals surface area contributed by atoms with Gasteiger partial charge in [-0.1, -0.05) is 25.3 Å². The monoisotopic (exact) mass is 407 g/mol. The van der Waals surface area contributed by atoms with Crippen LogP contribution in [0.15, 0.2) is 29.2 Å². The van der Waals surface area contributed by atoms with E-state index < -0.39 is 33.5 Å². The molecule has 1 fully saturated rings. The minimum Gasteiger partial charge on any atom is -0.449 e. The van der Waals surface area contributed by atoms with Crippen LogP contribution in [0, 0.1) is 11.3 Å². The maximum Gasteiger partial charge on any atom is 0.338 e. The van der Waals surface area contributed by atoms with Crippen LogP contribution in [0.5, 0.6) is 0 Å². The van der Waals surface area contributed by atoms with E-state index in [4.69, 9.17) is 4.74 Å². The molecule has 152 valence electrons. The lowest BCUT2D eigenvalue weighted by molar-refractivity contribution is -0.130. The lowest BCUT2D eigenvalue weighted by Gasteiger charge is -2.32. The molecule has 1 aliphatic carbocycles. The van der Waals surface area contributed by atoms with E-state index in [1.807, 2.05) is 0 Å². The van der Waals surface area contributed by atoms with Crippen molar-refractivity contribution < 1.29 is 22.7 Å². The Kier molecular flexibility index (Phi) is 6.80. The van der Waals surface area contributed by atoms with E-state index in [1.165, 1.54) is 45.3 Å². The Morgan fingerprint density at radius 3 is 2.46 bits per heavy atom. The molecule has 8 nitrogen and oxygen atoms in total. The Balaban J connectivity index is 2.08. The number of ether oxygens (including phenoxy) is 1. The Bertz CT molecular complexity index is 883. The largest absolute Gasteiger partial charge is 0.449 e. The van der Waals surface area contributed by atoms with Crippen LogP contribution in [-0.2, 0) is 19.6 Å². The highest BCUT2D eigenvalue weighted by molar-refractivity contribution is 7.89. The van der Waals surface area contributed by atoms with Crippen LogP contribution in [-0.4, -0.2) is 50.3 Å². The van der Waals surface area contributed by atoms with E-state index >= 15 is 0 Å². The van der Waals surface area contributed by atoms with Gasteiger partial charge in [-0.25, -0.2) is 17.5 Å². The van der Waals surface area contributed by atoms with Crippen LogP contribution in [0.3, 0.4) is 0 Å². The molecule has 1 aromatic carbocycles. The van der Waals surface area contributed by atoms with Crippen LogP contribution in [0.1, 0.15) is 49.4 Å². The van der Waals surface area contributed by atoms with Crippen molar-refractivity contribution in [1.82, 2.24) is 9.62 Å². The Labute approximate surface area is 165 Å². The van der Waals surface area contributed by atoms with Crippen molar-refractivity contribution in [3.8, 4) is 6.07 Å². The van der Waals surface area contributed by atoms with Gasteiger partial charge in [0.15, 0.2) is 6.10 Å². The van der Waals surface area contributed by atoms with Gasteiger partial charge in [0.2, 0.25) is 10.0 Å². The summed E-state index contributed by atoms with van der Waals surface area (Å²) in [7, 11) is -0.914. The molecule has 1 saturated carbocycles. The fourth-order valence-electron chi connectivity index (χ4n) is 3.03. The molecule has 9 heteroatoms. The first kappa shape index (κ1) is 21.9. The minimum atomic E-state index is -3.70. The second kappa shape index (κ2) is 8.71. The molecular weight excluding hydrogens is 382 g/mol. The van der Waals surface area contributed by atoms with Crippen molar-refractivity contribution in [3.63, 3.8) is 0 Å². The number of carbonyl (C=O) groups excluding carboxylic acids is 2. The molecule has 2 rings (SSSR count). The molecule has 1 aromatic rings. The average Bonchev–Trinajstić information content (AvgIpc) is 2.68. The van der Waals surface area contributed by atoms with E-state index in [-0.39, 0.29) is 10.5 Å². The van der Waals surface area contributed by atoms with Gasteiger partial charge in [0, 0.05) is 14.1 Å². The zero-order valence-electron chi connectivity index (χ0n) is 16.3. The third kappa shape index (κ3) is 4.88. The SMILES string of the molecule is CC(OC(=O)c1cccc(S(=O)(=O)N(C)C)c1)C(=O)NC1(C#N)CCCCC1. The molecule has 0 spiro atoms. The summed E-state index contributed by atoms with van der Waals surface area (Å²) in [5.74, 6) is -1.36. The number of nitrogens with zero attached hydrogens (tertiary/aromatic N) is 2. The summed E-state index contributed by atoms with van der Waals surface area (Å²) in [4.78, 5) is 24.7. The van der Waals surface area contributed by atoms with Gasteiger partial charge in [-0.2, -0.15) is 5.26 Å². The van der Waals surface area contributed by atoms with Crippen molar-refractivity contribution in [2.24, 2.45) is 0 Å². The lowest BCUT2D eigenvalue weighted by Crippen LogP contribution is -2.52. The molecule has 0 aromatic heterocycles. The predicted octanol–water partition coefficient (Wildman–Crippen LogP) is 1.82. The molecule has 1 unspecified atom stereocenters. The normalized spacial score (nSPS) is 17.4. The fraction of sp³-hybridized carbons (Fsp3) is 0.526. The summed E-state index contributed by atoms with van der Waals surface area (Å²) in [6.45, 7) is 1.42. The van der Waals surface area contributed by atoms with Crippen LogP contribution in [0.4, 0.5) is 0 Å². The predicted molar refractivity (Wildman–Crippen MR) is 102 cm³/mol. The maximum absolute atomic E-state index is 12.4. The van der Waals surface area contributed by atoms with Crippen LogP contribution in [0.25, 0.3) is 0 Å². The van der Waals surface area contributed by atoms with Crippen LogP contribution >= 0.6 is 0 Å². The molecule has 0 heterocycles. The topological polar surface area (TPSA) is 117 Å². The average molecular weight is 407 g/mol. The molecule has 0 aliphatic heterocycles. The molecule has 0 bridgehead atoms. The third-order valence-corrected chi connectivity index (χ3v) is 6.60. The Morgan fingerprint density at radius 1 is 1.25 bits per heavy atom. The molecule has 0 saturated heterocycles. The zero-order chi connectivity index (χ0) is 20.9. The van der Waals surface area contributed by atoms with E-state index in [2.05, 4.69) is 11.4 Å². The van der Waals surface area contributed by atoms with Crippen molar-refractivity contribution in [3.05, 3.63) is 29.8 Å². The van der Waals surface area contributed by atoms with Crippen molar-refractivity contribution in [2.45, 2.75) is 55.6 Å². The number of esters is 1. The molecule has 1 aliphatic rings. The first-order valence-corrected chi connectivity index (χ1v) is 10.5. The lowest BCUT2D eigenvalue weighted by atomic mass is 9.83. The number of nitriles is 1. The van der Waals surface area contributed by atoms with Gasteiger partial charge >= 0.3 is 5.97 Å². The second-order valence-corrected chi connectivity index (χ2v) is 9.26. The van der Waals surface area contributed by atoms with Gasteiger partial charge in [0.05, 0.1) is 16.5 Å². The zero-order valence-corrected chi connectivity index (χ0v) is 17.1. The molecule has 0 radical (unpaired) electrons. The third-order valence-electron chi connectivity index (χ3n) is 4.78. The molecule has 1 atom stereocenters. The summed E-state index contributed by atoms with van der Waals surface area (Å²) in [5.41, 5.74) is -0.898. The van der Waals surface area contributed by atoms with E-state index in [1.54, 1.807) is 0 Å². The first-order chi connectivity index (χ1) is 13.1. The summed E-state index contributed by atoms with van der Waals surface area (Å²) in [6.07, 6.45) is 2.76. The van der Waals surface area contributed by atoms with Gasteiger partial charge < -0.3 is 10.1 Å². The number of sulfonamides is 1. The highest BCUT2D eigenvalue weighted by Gasteiger charge is 2.35. The quantitative estimate of drug-likeness (QED) is 0.719. The van der Waals surface area contributed by atoms with Gasteiger partial charge in [0.1, 0.15) is 5.54 Å². The maximum atomic E-state index is 12.4. The number of hydrogen-bond donors (Lipinski definition) is 1. The Hall–Kier alpha value is -2.44. The summed E-state index contributed by atoms with van der Waals surface area (Å²) in [6, 6.07) is 7.62. The molecule has 1 amide bonds. The van der Waals surface area contributed by atoms with Gasteiger partial charge in [-0.3, -0.25) is 4.79 Å². The van der Waals surface area contributed by atoms with Crippen LogP contribution < -0.4 is 5.32 Å². The molecule has 28 heavy (non-hydrogen) atoms. The number of nitrogens with one attached hydrogen (secondary N) is 1. The highest BCUT2D eigenvalue weighted by Crippen LogP contribution is 2.27. The molecular formula is C19H25N3O5S. The minimum absolute atomic E-state index is 0.0234. The number of benzene rings is 1. The number of amides is 1. The molecule has 1 N–H and O–H groups in total. The Morgan fingerprint density at radius 2 is 1.89 bits per heavy atom. The van der Waals surface area contributed by atoms with Crippen molar-refractivity contribution >= 4 is 21.9 Å². The second-order valence-electron chi connectivity index (χ2n) is 7.11. The number of rotatable bonds is 6. The van der Waals surface area contributed by atoms with Gasteiger partial charge in [0.25, 0.3) is 5.91 Å². The van der Waals surface area contributed by atoms with Gasteiger partial charge in [-0.05, 0) is 38.0 Å². The first-order valence-electron chi connectivity index (χ1n) is 9.08. The summed E-state index contributed by atoms with van der Waals surface area (Å²) in [5, 5.41) is 12.2. The van der Waals surface area contributed by atoms with Crippen molar-refractivity contribution in [2.75, 3.05) is 14.1 Å². The van der Waals surface area contributed by atoms with Gasteiger partial charge in [-0.15, -0.1) is 0 Å².